The first-order chi connectivity index (χ1) is 5.64. The Morgan fingerprint density at radius 1 is 1.58 bits per heavy atom. The molecule has 0 N–H and O–H groups in total. The standard InChI is InChI=1S/C9H17ClO2/c1-9(2,6-10)7-12-8-3-4-11-5-8/h8H,3-7H2,1-2H3. The van der Waals surface area contributed by atoms with E-state index in [1.165, 1.54) is 0 Å². The molecule has 1 saturated heterocycles. The van der Waals surface area contributed by atoms with E-state index in [1.807, 2.05) is 0 Å². The highest BCUT2D eigenvalue weighted by atomic mass is 35.5. The molecule has 0 amide bonds. The number of rotatable bonds is 4. The van der Waals surface area contributed by atoms with Crippen LogP contribution in [-0.2, 0) is 9.47 Å². The Hall–Kier alpha value is 0.210. The molecule has 0 bridgehead atoms. The van der Waals surface area contributed by atoms with E-state index in [-0.39, 0.29) is 5.41 Å². The number of hydrogen-bond donors (Lipinski definition) is 0. The molecule has 1 aliphatic rings. The fourth-order valence-corrected chi connectivity index (χ4v) is 1.10. The van der Waals surface area contributed by atoms with Crippen LogP contribution in [0.5, 0.6) is 0 Å². The van der Waals surface area contributed by atoms with Crippen molar-refractivity contribution in [1.82, 2.24) is 0 Å². The van der Waals surface area contributed by atoms with Gasteiger partial charge >= 0.3 is 0 Å². The molecule has 1 unspecified atom stereocenters. The molecule has 1 aliphatic heterocycles. The Bertz CT molecular complexity index is 130. The fourth-order valence-electron chi connectivity index (χ4n) is 1.03. The Morgan fingerprint density at radius 3 is 2.83 bits per heavy atom. The van der Waals surface area contributed by atoms with Crippen LogP contribution in [0.15, 0.2) is 0 Å². The van der Waals surface area contributed by atoms with E-state index in [9.17, 15) is 0 Å². The third-order valence-electron chi connectivity index (χ3n) is 1.96. The number of alkyl halides is 1. The summed E-state index contributed by atoms with van der Waals surface area (Å²) in [5.74, 6) is 0.639. The van der Waals surface area contributed by atoms with Gasteiger partial charge in [0.15, 0.2) is 0 Å². The Balaban J connectivity index is 2.15. The summed E-state index contributed by atoms with van der Waals surface area (Å²) in [6.45, 7) is 6.53. The molecule has 0 aromatic rings. The first-order valence-electron chi connectivity index (χ1n) is 4.39. The predicted octanol–water partition coefficient (Wildman–Crippen LogP) is 2.06. The summed E-state index contributed by atoms with van der Waals surface area (Å²) in [6.07, 6.45) is 1.32. The molecule has 1 rings (SSSR count). The molecular formula is C9H17ClO2. The van der Waals surface area contributed by atoms with Crippen molar-refractivity contribution in [3.05, 3.63) is 0 Å². The summed E-state index contributed by atoms with van der Waals surface area (Å²) in [4.78, 5) is 0. The molecule has 0 aliphatic carbocycles. The minimum absolute atomic E-state index is 0.0874. The molecule has 1 atom stereocenters. The maximum Gasteiger partial charge on any atom is 0.0830 e. The molecule has 0 spiro atoms. The van der Waals surface area contributed by atoms with Gasteiger partial charge in [-0.3, -0.25) is 0 Å². The maximum absolute atomic E-state index is 5.77. The molecule has 72 valence electrons. The van der Waals surface area contributed by atoms with Gasteiger partial charge in [-0.1, -0.05) is 13.8 Å². The van der Waals surface area contributed by atoms with E-state index in [4.69, 9.17) is 21.1 Å². The normalized spacial score (nSPS) is 24.8. The van der Waals surface area contributed by atoms with E-state index in [0.29, 0.717) is 12.0 Å². The van der Waals surface area contributed by atoms with Gasteiger partial charge in [-0.2, -0.15) is 0 Å². The lowest BCUT2D eigenvalue weighted by atomic mass is 9.98. The van der Waals surface area contributed by atoms with Gasteiger partial charge < -0.3 is 9.47 Å². The largest absolute Gasteiger partial charge is 0.379 e. The first-order valence-corrected chi connectivity index (χ1v) is 4.93. The highest BCUT2D eigenvalue weighted by molar-refractivity contribution is 6.18. The van der Waals surface area contributed by atoms with E-state index in [1.54, 1.807) is 0 Å². The predicted molar refractivity (Wildman–Crippen MR) is 49.7 cm³/mol. The zero-order valence-corrected chi connectivity index (χ0v) is 8.56. The second kappa shape index (κ2) is 4.45. The van der Waals surface area contributed by atoms with Crippen LogP contribution in [0.1, 0.15) is 20.3 Å². The molecule has 0 saturated carbocycles. The van der Waals surface area contributed by atoms with E-state index < -0.39 is 0 Å². The van der Waals surface area contributed by atoms with Crippen molar-refractivity contribution in [2.24, 2.45) is 5.41 Å². The van der Waals surface area contributed by atoms with Crippen LogP contribution in [0.25, 0.3) is 0 Å². The summed E-state index contributed by atoms with van der Waals surface area (Å²) in [7, 11) is 0. The number of ether oxygens (including phenoxy) is 2. The topological polar surface area (TPSA) is 18.5 Å². The van der Waals surface area contributed by atoms with Crippen molar-refractivity contribution < 1.29 is 9.47 Å². The van der Waals surface area contributed by atoms with Gasteiger partial charge in [0.1, 0.15) is 0 Å². The summed E-state index contributed by atoms with van der Waals surface area (Å²) < 4.78 is 10.8. The maximum atomic E-state index is 5.77. The third kappa shape index (κ3) is 3.30. The van der Waals surface area contributed by atoms with E-state index in [2.05, 4.69) is 13.8 Å². The van der Waals surface area contributed by atoms with Crippen LogP contribution >= 0.6 is 11.6 Å². The summed E-state index contributed by atoms with van der Waals surface area (Å²) in [6, 6.07) is 0. The SMILES string of the molecule is CC(C)(CCl)COC1CCOC1. The highest BCUT2D eigenvalue weighted by Crippen LogP contribution is 2.19. The van der Waals surface area contributed by atoms with Crippen LogP contribution < -0.4 is 0 Å². The third-order valence-corrected chi connectivity index (χ3v) is 2.68. The monoisotopic (exact) mass is 192 g/mol. The van der Waals surface area contributed by atoms with E-state index >= 15 is 0 Å². The summed E-state index contributed by atoms with van der Waals surface area (Å²) in [5.41, 5.74) is 0.0874. The Labute approximate surface area is 79.2 Å². The Morgan fingerprint density at radius 2 is 2.33 bits per heavy atom. The summed E-state index contributed by atoms with van der Waals surface area (Å²) >= 11 is 5.77. The average molecular weight is 193 g/mol. The van der Waals surface area contributed by atoms with Gasteiger partial charge in [0.05, 0.1) is 19.3 Å². The second-order valence-corrected chi connectivity index (χ2v) is 4.36. The van der Waals surface area contributed by atoms with Gasteiger partial charge in [-0.25, -0.2) is 0 Å². The van der Waals surface area contributed by atoms with Crippen molar-refractivity contribution in [3.63, 3.8) is 0 Å². The lowest BCUT2D eigenvalue weighted by molar-refractivity contribution is 0.00496. The van der Waals surface area contributed by atoms with Crippen LogP contribution in [0.4, 0.5) is 0 Å². The first kappa shape index (κ1) is 10.3. The zero-order chi connectivity index (χ0) is 9.03. The summed E-state index contributed by atoms with van der Waals surface area (Å²) in [5, 5.41) is 0. The zero-order valence-electron chi connectivity index (χ0n) is 7.81. The lowest BCUT2D eigenvalue weighted by Crippen LogP contribution is -2.25. The molecule has 0 aromatic carbocycles. The molecule has 0 aromatic heterocycles. The minimum atomic E-state index is 0.0874. The molecular weight excluding hydrogens is 176 g/mol. The number of halogens is 1. The van der Waals surface area contributed by atoms with Crippen molar-refractivity contribution >= 4 is 11.6 Å². The smallest absolute Gasteiger partial charge is 0.0830 e. The van der Waals surface area contributed by atoms with Gasteiger partial charge in [0.2, 0.25) is 0 Å². The average Bonchev–Trinajstić information content (AvgIpc) is 2.53. The molecule has 2 nitrogen and oxygen atoms in total. The number of hydrogen-bond acceptors (Lipinski definition) is 2. The van der Waals surface area contributed by atoms with Crippen molar-refractivity contribution in [1.29, 1.82) is 0 Å². The highest BCUT2D eigenvalue weighted by Gasteiger charge is 2.22. The van der Waals surface area contributed by atoms with Gasteiger partial charge in [0, 0.05) is 17.9 Å². The van der Waals surface area contributed by atoms with Crippen LogP contribution in [0.2, 0.25) is 0 Å². The quantitative estimate of drug-likeness (QED) is 0.635. The van der Waals surface area contributed by atoms with Crippen LogP contribution in [-0.4, -0.2) is 31.8 Å². The Kier molecular flexibility index (Phi) is 3.81. The van der Waals surface area contributed by atoms with Crippen LogP contribution in [0.3, 0.4) is 0 Å². The fraction of sp³-hybridized carbons (Fsp3) is 1.00. The second-order valence-electron chi connectivity index (χ2n) is 4.09. The molecule has 3 heteroatoms. The van der Waals surface area contributed by atoms with Crippen molar-refractivity contribution in [2.45, 2.75) is 26.4 Å². The van der Waals surface area contributed by atoms with Gasteiger partial charge in [0.25, 0.3) is 0 Å². The molecule has 1 fully saturated rings. The van der Waals surface area contributed by atoms with Gasteiger partial charge in [-0.15, -0.1) is 11.6 Å². The molecule has 0 radical (unpaired) electrons. The molecule has 1 heterocycles. The minimum Gasteiger partial charge on any atom is -0.379 e. The molecule has 12 heavy (non-hydrogen) atoms. The van der Waals surface area contributed by atoms with Crippen molar-refractivity contribution in [2.75, 3.05) is 25.7 Å². The van der Waals surface area contributed by atoms with Crippen LogP contribution in [0, 0.1) is 5.41 Å². The van der Waals surface area contributed by atoms with Crippen molar-refractivity contribution in [3.8, 4) is 0 Å². The lowest BCUT2D eigenvalue weighted by Gasteiger charge is -2.23. The van der Waals surface area contributed by atoms with E-state index in [0.717, 1.165) is 26.2 Å². The van der Waals surface area contributed by atoms with Gasteiger partial charge in [-0.05, 0) is 6.42 Å².